The molecule has 0 aliphatic rings. The molecule has 0 spiro atoms. The van der Waals surface area contributed by atoms with Crippen molar-refractivity contribution in [1.29, 1.82) is 0 Å². The second-order valence-corrected chi connectivity index (χ2v) is 8.49. The molecule has 0 saturated carbocycles. The SMILES string of the molecule is Cn1nc(C(C)(C)C)cc1C(CN)c1ccc(C(C)(C)C)cc1. The summed E-state index contributed by atoms with van der Waals surface area (Å²) < 4.78 is 1.98. The van der Waals surface area contributed by atoms with Crippen molar-refractivity contribution in [2.24, 2.45) is 12.8 Å². The molecule has 0 radical (unpaired) electrons. The van der Waals surface area contributed by atoms with Gasteiger partial charge in [-0.05, 0) is 22.6 Å². The molecule has 0 bridgehead atoms. The molecule has 2 aromatic rings. The van der Waals surface area contributed by atoms with Gasteiger partial charge in [0, 0.05) is 30.6 Å². The molecule has 3 heteroatoms. The summed E-state index contributed by atoms with van der Waals surface area (Å²) in [6, 6.07) is 11.1. The van der Waals surface area contributed by atoms with Gasteiger partial charge in [0.2, 0.25) is 0 Å². The highest BCUT2D eigenvalue weighted by Crippen LogP contribution is 2.30. The van der Waals surface area contributed by atoms with E-state index < -0.39 is 0 Å². The highest BCUT2D eigenvalue weighted by Gasteiger charge is 2.23. The Morgan fingerprint density at radius 2 is 1.57 bits per heavy atom. The quantitative estimate of drug-likeness (QED) is 0.927. The lowest BCUT2D eigenvalue weighted by Crippen LogP contribution is -2.17. The van der Waals surface area contributed by atoms with Crippen LogP contribution in [0.2, 0.25) is 0 Å². The molecule has 1 atom stereocenters. The van der Waals surface area contributed by atoms with Gasteiger partial charge >= 0.3 is 0 Å². The predicted molar refractivity (Wildman–Crippen MR) is 97.9 cm³/mol. The van der Waals surface area contributed by atoms with Gasteiger partial charge in [-0.2, -0.15) is 5.10 Å². The van der Waals surface area contributed by atoms with Gasteiger partial charge in [-0.1, -0.05) is 65.8 Å². The summed E-state index contributed by atoms with van der Waals surface area (Å²) >= 11 is 0. The second kappa shape index (κ2) is 6.12. The van der Waals surface area contributed by atoms with E-state index in [-0.39, 0.29) is 16.7 Å². The summed E-state index contributed by atoms with van der Waals surface area (Å²) in [4.78, 5) is 0. The van der Waals surface area contributed by atoms with Crippen LogP contribution >= 0.6 is 0 Å². The molecule has 126 valence electrons. The zero-order valence-corrected chi connectivity index (χ0v) is 15.6. The monoisotopic (exact) mass is 313 g/mol. The van der Waals surface area contributed by atoms with Crippen molar-refractivity contribution in [3.63, 3.8) is 0 Å². The Bertz CT molecular complexity index is 652. The van der Waals surface area contributed by atoms with Crippen LogP contribution in [0.4, 0.5) is 0 Å². The first-order valence-electron chi connectivity index (χ1n) is 8.39. The van der Waals surface area contributed by atoms with Gasteiger partial charge in [-0.25, -0.2) is 0 Å². The number of nitrogens with zero attached hydrogens (tertiary/aromatic N) is 2. The van der Waals surface area contributed by atoms with Crippen molar-refractivity contribution in [2.45, 2.75) is 58.3 Å². The molecule has 0 aliphatic heterocycles. The zero-order chi connectivity index (χ0) is 17.4. The Labute approximate surface area is 140 Å². The number of hydrogen-bond donors (Lipinski definition) is 1. The minimum absolute atomic E-state index is 0.0469. The summed E-state index contributed by atoms with van der Waals surface area (Å²) in [7, 11) is 2.01. The maximum Gasteiger partial charge on any atom is 0.0681 e. The van der Waals surface area contributed by atoms with Gasteiger partial charge in [0.25, 0.3) is 0 Å². The van der Waals surface area contributed by atoms with Gasteiger partial charge in [-0.15, -0.1) is 0 Å². The van der Waals surface area contributed by atoms with Gasteiger partial charge < -0.3 is 5.73 Å². The van der Waals surface area contributed by atoms with Crippen LogP contribution in [0.15, 0.2) is 30.3 Å². The van der Waals surface area contributed by atoms with Crippen molar-refractivity contribution >= 4 is 0 Å². The Balaban J connectivity index is 2.39. The van der Waals surface area contributed by atoms with Crippen molar-refractivity contribution in [3.8, 4) is 0 Å². The van der Waals surface area contributed by atoms with E-state index in [1.807, 2.05) is 11.7 Å². The van der Waals surface area contributed by atoms with Crippen LogP contribution in [0.5, 0.6) is 0 Å². The van der Waals surface area contributed by atoms with E-state index >= 15 is 0 Å². The normalized spacial score (nSPS) is 14.1. The van der Waals surface area contributed by atoms with E-state index in [1.54, 1.807) is 0 Å². The van der Waals surface area contributed by atoms with Crippen LogP contribution in [-0.2, 0) is 17.9 Å². The van der Waals surface area contributed by atoms with Crippen LogP contribution in [0.1, 0.15) is 70.0 Å². The molecule has 1 aromatic heterocycles. The Morgan fingerprint density at radius 1 is 1.00 bits per heavy atom. The third-order valence-corrected chi connectivity index (χ3v) is 4.46. The summed E-state index contributed by atoms with van der Waals surface area (Å²) in [5.41, 5.74) is 11.2. The fraction of sp³-hybridized carbons (Fsp3) is 0.550. The number of aryl methyl sites for hydroxylation is 1. The fourth-order valence-electron chi connectivity index (χ4n) is 2.82. The number of benzene rings is 1. The lowest BCUT2D eigenvalue weighted by Gasteiger charge is -2.21. The minimum Gasteiger partial charge on any atom is -0.329 e. The Hall–Kier alpha value is -1.61. The molecule has 0 amide bonds. The van der Waals surface area contributed by atoms with Gasteiger partial charge in [0.1, 0.15) is 0 Å². The van der Waals surface area contributed by atoms with Crippen LogP contribution in [0.3, 0.4) is 0 Å². The molecule has 1 unspecified atom stereocenters. The van der Waals surface area contributed by atoms with Crippen molar-refractivity contribution in [1.82, 2.24) is 9.78 Å². The lowest BCUT2D eigenvalue weighted by atomic mass is 9.85. The third kappa shape index (κ3) is 3.84. The standard InChI is InChI=1S/C20H31N3/c1-19(2,3)15-10-8-14(9-11-15)16(13-21)17-12-18(20(4,5)6)22-23(17)7/h8-12,16H,13,21H2,1-7H3. The average molecular weight is 313 g/mol. The Kier molecular flexibility index (Phi) is 4.72. The maximum atomic E-state index is 6.11. The van der Waals surface area contributed by atoms with Crippen molar-refractivity contribution in [2.75, 3.05) is 6.54 Å². The van der Waals surface area contributed by atoms with Gasteiger partial charge in [0.15, 0.2) is 0 Å². The Morgan fingerprint density at radius 3 is 1.96 bits per heavy atom. The summed E-state index contributed by atoms with van der Waals surface area (Å²) in [5, 5.41) is 4.69. The number of nitrogens with two attached hydrogens (primary N) is 1. The number of rotatable bonds is 3. The van der Waals surface area contributed by atoms with Crippen LogP contribution in [-0.4, -0.2) is 16.3 Å². The summed E-state index contributed by atoms with van der Waals surface area (Å²) in [5.74, 6) is 0.178. The summed E-state index contributed by atoms with van der Waals surface area (Å²) in [6.45, 7) is 13.9. The topological polar surface area (TPSA) is 43.8 Å². The molecule has 2 N–H and O–H groups in total. The molecule has 0 saturated heterocycles. The lowest BCUT2D eigenvalue weighted by molar-refractivity contribution is 0.550. The molecule has 1 heterocycles. The first-order chi connectivity index (χ1) is 10.5. The predicted octanol–water partition coefficient (Wildman–Crippen LogP) is 4.11. The van der Waals surface area contributed by atoms with Crippen LogP contribution in [0, 0.1) is 0 Å². The highest BCUT2D eigenvalue weighted by molar-refractivity contribution is 5.35. The molecule has 0 aliphatic carbocycles. The van der Waals surface area contributed by atoms with Crippen molar-refractivity contribution in [3.05, 3.63) is 52.8 Å². The van der Waals surface area contributed by atoms with E-state index in [4.69, 9.17) is 10.8 Å². The number of aromatic nitrogens is 2. The van der Waals surface area contributed by atoms with E-state index in [2.05, 4.69) is 71.9 Å². The minimum atomic E-state index is 0.0469. The molecular formula is C20H31N3. The van der Waals surface area contributed by atoms with E-state index in [1.165, 1.54) is 16.8 Å². The molecule has 23 heavy (non-hydrogen) atoms. The average Bonchev–Trinajstić information content (AvgIpc) is 2.82. The van der Waals surface area contributed by atoms with Crippen molar-refractivity contribution < 1.29 is 0 Å². The number of hydrogen-bond acceptors (Lipinski definition) is 2. The zero-order valence-electron chi connectivity index (χ0n) is 15.6. The molecule has 2 rings (SSSR count). The van der Waals surface area contributed by atoms with E-state index in [9.17, 15) is 0 Å². The van der Waals surface area contributed by atoms with Crippen LogP contribution in [0.25, 0.3) is 0 Å². The summed E-state index contributed by atoms with van der Waals surface area (Å²) in [6.07, 6.45) is 0. The smallest absolute Gasteiger partial charge is 0.0681 e. The third-order valence-electron chi connectivity index (χ3n) is 4.46. The fourth-order valence-corrected chi connectivity index (χ4v) is 2.82. The van der Waals surface area contributed by atoms with Crippen LogP contribution < -0.4 is 5.73 Å². The maximum absolute atomic E-state index is 6.11. The first kappa shape index (κ1) is 17.7. The van der Waals surface area contributed by atoms with E-state index in [0.29, 0.717) is 6.54 Å². The van der Waals surface area contributed by atoms with E-state index in [0.717, 1.165) is 5.69 Å². The second-order valence-electron chi connectivity index (χ2n) is 8.49. The molecule has 3 nitrogen and oxygen atoms in total. The first-order valence-corrected chi connectivity index (χ1v) is 8.39. The van der Waals surface area contributed by atoms with Gasteiger partial charge in [-0.3, -0.25) is 4.68 Å². The largest absolute Gasteiger partial charge is 0.329 e. The molecular weight excluding hydrogens is 282 g/mol. The molecule has 0 fully saturated rings. The molecule has 1 aromatic carbocycles. The van der Waals surface area contributed by atoms with Gasteiger partial charge in [0.05, 0.1) is 5.69 Å². The highest BCUT2D eigenvalue weighted by atomic mass is 15.3.